The molecule has 2 aliphatic heterocycles. The van der Waals surface area contributed by atoms with Gasteiger partial charge in [0.15, 0.2) is 0 Å². The highest BCUT2D eigenvalue weighted by Gasteiger charge is 2.34. The van der Waals surface area contributed by atoms with Crippen LogP contribution in [0.25, 0.3) is 10.8 Å². The van der Waals surface area contributed by atoms with Crippen LogP contribution in [0.2, 0.25) is 5.02 Å². The fourth-order valence-corrected chi connectivity index (χ4v) is 5.23. The molecule has 0 unspecified atom stereocenters. The number of carbonyl (C=O) groups is 2. The molecule has 1 fully saturated rings. The molecular formula is C28H29ClN2O4. The largest absolute Gasteiger partial charge is 0.389 e. The zero-order valence-corrected chi connectivity index (χ0v) is 20.3. The molecule has 5 rings (SSSR count). The van der Waals surface area contributed by atoms with Crippen LogP contribution in [0.15, 0.2) is 60.7 Å². The monoisotopic (exact) mass is 492 g/mol. The maximum atomic E-state index is 13.2. The van der Waals surface area contributed by atoms with Crippen LogP contribution in [0.5, 0.6) is 0 Å². The minimum Gasteiger partial charge on any atom is -0.389 e. The van der Waals surface area contributed by atoms with Gasteiger partial charge in [-0.2, -0.15) is 0 Å². The van der Waals surface area contributed by atoms with Crippen molar-refractivity contribution in [1.29, 1.82) is 0 Å². The molecule has 2 aliphatic rings. The van der Waals surface area contributed by atoms with Crippen LogP contribution in [0.1, 0.15) is 39.1 Å². The minimum atomic E-state index is -0.568. The van der Waals surface area contributed by atoms with Crippen molar-refractivity contribution in [2.24, 2.45) is 5.92 Å². The molecule has 3 aromatic rings. The van der Waals surface area contributed by atoms with Crippen LogP contribution in [0.4, 0.5) is 0 Å². The van der Waals surface area contributed by atoms with E-state index in [2.05, 4.69) is 4.90 Å². The molecule has 0 saturated carbocycles. The number of hydrogen-bond donors (Lipinski definition) is 1. The number of halogens is 1. The van der Waals surface area contributed by atoms with Crippen molar-refractivity contribution in [3.05, 3.63) is 82.4 Å². The molecule has 1 atom stereocenters. The third-order valence-electron chi connectivity index (χ3n) is 6.96. The van der Waals surface area contributed by atoms with E-state index in [4.69, 9.17) is 16.3 Å². The van der Waals surface area contributed by atoms with E-state index in [0.29, 0.717) is 35.8 Å². The van der Waals surface area contributed by atoms with Gasteiger partial charge in [0.05, 0.1) is 19.3 Å². The molecule has 6 nitrogen and oxygen atoms in total. The van der Waals surface area contributed by atoms with Crippen LogP contribution in [0.3, 0.4) is 0 Å². The molecule has 182 valence electrons. The van der Waals surface area contributed by atoms with Crippen molar-refractivity contribution in [3.63, 3.8) is 0 Å². The average molecular weight is 493 g/mol. The first kappa shape index (κ1) is 23.9. The Morgan fingerprint density at radius 3 is 2.20 bits per heavy atom. The molecule has 0 radical (unpaired) electrons. The molecule has 0 aromatic heterocycles. The maximum absolute atomic E-state index is 13.2. The third-order valence-corrected chi connectivity index (χ3v) is 7.22. The van der Waals surface area contributed by atoms with Crippen LogP contribution in [-0.4, -0.2) is 65.6 Å². The van der Waals surface area contributed by atoms with E-state index in [1.54, 1.807) is 0 Å². The molecule has 35 heavy (non-hydrogen) atoms. The molecule has 1 N–H and O–H groups in total. The summed E-state index contributed by atoms with van der Waals surface area (Å²) in [5.74, 6) is -0.146. The second-order valence-electron chi connectivity index (χ2n) is 9.47. The number of aliphatic hydroxyl groups is 1. The molecule has 3 aromatic carbocycles. The van der Waals surface area contributed by atoms with Crippen LogP contribution < -0.4 is 0 Å². The number of amides is 2. The van der Waals surface area contributed by atoms with Gasteiger partial charge in [0.2, 0.25) is 0 Å². The smallest absolute Gasteiger partial charge is 0.261 e. The van der Waals surface area contributed by atoms with Gasteiger partial charge in [0.1, 0.15) is 0 Å². The molecule has 7 heteroatoms. The summed E-state index contributed by atoms with van der Waals surface area (Å²) in [4.78, 5) is 30.0. The van der Waals surface area contributed by atoms with E-state index < -0.39 is 6.10 Å². The van der Waals surface area contributed by atoms with Gasteiger partial charge in [-0.15, -0.1) is 0 Å². The fourth-order valence-electron chi connectivity index (χ4n) is 5.10. The van der Waals surface area contributed by atoms with E-state index in [0.717, 1.165) is 42.3 Å². The molecule has 0 bridgehead atoms. The summed E-state index contributed by atoms with van der Waals surface area (Å²) in [5.41, 5.74) is 2.23. The first-order valence-corrected chi connectivity index (χ1v) is 12.5. The zero-order valence-electron chi connectivity index (χ0n) is 19.5. The minimum absolute atomic E-state index is 0.199. The van der Waals surface area contributed by atoms with Gasteiger partial charge in [-0.25, -0.2) is 0 Å². The van der Waals surface area contributed by atoms with Crippen molar-refractivity contribution < 1.29 is 19.4 Å². The number of β-amino-alcohol motifs (C(OH)–C–C–N with tert-alkyl or cyclic N) is 1. The van der Waals surface area contributed by atoms with Crippen molar-refractivity contribution in [1.82, 2.24) is 9.80 Å². The lowest BCUT2D eigenvalue weighted by molar-refractivity contribution is 0.00360. The second kappa shape index (κ2) is 10.5. The number of rotatable bonds is 8. The third kappa shape index (κ3) is 5.26. The van der Waals surface area contributed by atoms with E-state index in [9.17, 15) is 14.7 Å². The van der Waals surface area contributed by atoms with Gasteiger partial charge in [-0.05, 0) is 67.1 Å². The summed E-state index contributed by atoms with van der Waals surface area (Å²) >= 11 is 5.90. The van der Waals surface area contributed by atoms with Crippen LogP contribution in [-0.2, 0) is 11.3 Å². The first-order chi connectivity index (χ1) is 17.0. The Balaban J connectivity index is 1.10. The number of nitrogens with zero attached hydrogens (tertiary/aromatic N) is 2. The Hall–Kier alpha value is -2.77. The second-order valence-corrected chi connectivity index (χ2v) is 9.91. The van der Waals surface area contributed by atoms with Crippen molar-refractivity contribution in [2.45, 2.75) is 25.6 Å². The first-order valence-electron chi connectivity index (χ1n) is 12.1. The van der Waals surface area contributed by atoms with Gasteiger partial charge < -0.3 is 14.7 Å². The van der Waals surface area contributed by atoms with Gasteiger partial charge in [0, 0.05) is 34.6 Å². The van der Waals surface area contributed by atoms with Crippen LogP contribution >= 0.6 is 11.6 Å². The fraction of sp³-hybridized carbons (Fsp3) is 0.357. The van der Waals surface area contributed by atoms with E-state index >= 15 is 0 Å². The Morgan fingerprint density at radius 1 is 0.943 bits per heavy atom. The number of piperidine rings is 1. The van der Waals surface area contributed by atoms with Gasteiger partial charge >= 0.3 is 0 Å². The highest BCUT2D eigenvalue weighted by molar-refractivity contribution is 6.30. The molecule has 0 spiro atoms. The number of ether oxygens (including phenoxy) is 1. The normalized spacial score (nSPS) is 17.8. The number of carbonyl (C=O) groups excluding carboxylic acids is 2. The predicted molar refractivity (Wildman–Crippen MR) is 136 cm³/mol. The predicted octanol–water partition coefficient (Wildman–Crippen LogP) is 4.38. The molecule has 2 heterocycles. The van der Waals surface area contributed by atoms with Gasteiger partial charge in [0.25, 0.3) is 11.8 Å². The van der Waals surface area contributed by atoms with Crippen molar-refractivity contribution in [2.75, 3.05) is 32.8 Å². The number of likely N-dealkylation sites (tertiary alicyclic amines) is 1. The lowest BCUT2D eigenvalue weighted by Crippen LogP contribution is -2.46. The van der Waals surface area contributed by atoms with Gasteiger partial charge in [-0.3, -0.25) is 14.5 Å². The topological polar surface area (TPSA) is 70.1 Å². The average Bonchev–Trinajstić information content (AvgIpc) is 2.87. The quantitative estimate of drug-likeness (QED) is 0.472. The summed E-state index contributed by atoms with van der Waals surface area (Å²) < 4.78 is 5.66. The molecular weight excluding hydrogens is 464 g/mol. The Morgan fingerprint density at radius 2 is 1.57 bits per heavy atom. The Bertz CT molecular complexity index is 1170. The SMILES string of the molecule is O=C1c2cccc3cccc(c23)C(=O)N1CC1CCN(C[C@@H](O)COCc2ccc(Cl)cc2)CC1. The number of benzene rings is 3. The summed E-state index contributed by atoms with van der Waals surface area (Å²) in [6, 6.07) is 18.7. The number of hydrogen-bond acceptors (Lipinski definition) is 5. The van der Waals surface area contributed by atoms with E-state index in [1.807, 2.05) is 60.7 Å². The summed E-state index contributed by atoms with van der Waals surface area (Å²) in [6.45, 7) is 3.32. The van der Waals surface area contributed by atoms with E-state index in [1.165, 1.54) is 4.90 Å². The Labute approximate surface area is 210 Å². The highest BCUT2D eigenvalue weighted by atomic mass is 35.5. The zero-order chi connectivity index (χ0) is 24.4. The molecule has 1 saturated heterocycles. The number of aliphatic hydroxyl groups excluding tert-OH is 1. The summed E-state index contributed by atoms with van der Waals surface area (Å²) in [6.07, 6.45) is 1.18. The van der Waals surface area contributed by atoms with Crippen LogP contribution in [0, 0.1) is 5.92 Å². The maximum Gasteiger partial charge on any atom is 0.261 e. The summed E-state index contributed by atoms with van der Waals surface area (Å²) in [5, 5.41) is 12.8. The lowest BCUT2D eigenvalue weighted by atomic mass is 9.91. The lowest BCUT2D eigenvalue weighted by Gasteiger charge is -2.36. The standard InChI is InChI=1S/C28H29ClN2O4/c29-22-9-7-20(8-10-22)17-35-18-23(32)16-30-13-11-19(12-14-30)15-31-27(33)24-5-1-3-21-4-2-6-25(26(21)24)28(31)34/h1-10,19,23,32H,11-18H2/t23-/m1/s1. The van der Waals surface area contributed by atoms with E-state index in [-0.39, 0.29) is 24.3 Å². The number of imide groups is 1. The molecule has 0 aliphatic carbocycles. The Kier molecular flexibility index (Phi) is 7.16. The van der Waals surface area contributed by atoms with Gasteiger partial charge in [-0.1, -0.05) is 48.0 Å². The molecule has 2 amide bonds. The highest BCUT2D eigenvalue weighted by Crippen LogP contribution is 2.31. The van der Waals surface area contributed by atoms with Crippen molar-refractivity contribution >= 4 is 34.2 Å². The summed E-state index contributed by atoms with van der Waals surface area (Å²) in [7, 11) is 0. The van der Waals surface area contributed by atoms with Crippen molar-refractivity contribution in [3.8, 4) is 0 Å².